The molecule has 1 saturated heterocycles. The van der Waals surface area contributed by atoms with Crippen molar-refractivity contribution in [2.75, 3.05) is 12.4 Å². The first kappa shape index (κ1) is 15.5. The van der Waals surface area contributed by atoms with Gasteiger partial charge < -0.3 is 10.2 Å². The number of aromatic nitrogens is 2. The summed E-state index contributed by atoms with van der Waals surface area (Å²) in [6.07, 6.45) is 1.57. The smallest absolute Gasteiger partial charge is 0.231 e. The number of benzene rings is 1. The minimum Gasteiger partial charge on any atom is -0.338 e. The van der Waals surface area contributed by atoms with Crippen LogP contribution in [0.15, 0.2) is 30.5 Å². The van der Waals surface area contributed by atoms with Crippen LogP contribution >= 0.6 is 11.6 Å². The van der Waals surface area contributed by atoms with Gasteiger partial charge in [-0.3, -0.25) is 14.7 Å². The van der Waals surface area contributed by atoms with E-state index in [2.05, 4.69) is 15.5 Å². The molecule has 1 aromatic carbocycles. The third-order valence-electron chi connectivity index (χ3n) is 3.97. The van der Waals surface area contributed by atoms with Gasteiger partial charge in [0, 0.05) is 19.5 Å². The fourth-order valence-electron chi connectivity index (χ4n) is 2.81. The Kier molecular flexibility index (Phi) is 4.04. The first-order valence-corrected chi connectivity index (χ1v) is 7.36. The number of anilines is 1. The van der Waals surface area contributed by atoms with Gasteiger partial charge >= 0.3 is 0 Å². The van der Waals surface area contributed by atoms with E-state index in [1.54, 1.807) is 19.2 Å². The second kappa shape index (κ2) is 6.00. The van der Waals surface area contributed by atoms with Gasteiger partial charge in [-0.1, -0.05) is 17.7 Å². The third-order valence-corrected chi connectivity index (χ3v) is 4.27. The normalized spacial score (nSPS) is 20.8. The van der Waals surface area contributed by atoms with E-state index in [0.717, 1.165) is 0 Å². The molecule has 0 unspecified atom stereocenters. The molecule has 1 aliphatic heterocycles. The lowest BCUT2D eigenvalue weighted by atomic mass is 9.93. The van der Waals surface area contributed by atoms with E-state index in [-0.39, 0.29) is 23.3 Å². The van der Waals surface area contributed by atoms with Gasteiger partial charge in [-0.2, -0.15) is 5.10 Å². The largest absolute Gasteiger partial charge is 0.338 e. The molecule has 0 radical (unpaired) electrons. The summed E-state index contributed by atoms with van der Waals surface area (Å²) in [5.41, 5.74) is 0.532. The van der Waals surface area contributed by atoms with Gasteiger partial charge in [-0.05, 0) is 17.7 Å². The number of amides is 2. The highest BCUT2D eigenvalue weighted by atomic mass is 35.5. The predicted molar refractivity (Wildman–Crippen MR) is 82.2 cm³/mol. The molecule has 23 heavy (non-hydrogen) atoms. The second-order valence-electron chi connectivity index (χ2n) is 5.39. The number of nitrogens with zero attached hydrogens (tertiary/aromatic N) is 2. The number of carbonyl (C=O) groups excluding carboxylic acids is 2. The van der Waals surface area contributed by atoms with Crippen molar-refractivity contribution in [3.05, 3.63) is 46.9 Å². The summed E-state index contributed by atoms with van der Waals surface area (Å²) < 4.78 is 13.7. The molecule has 1 aromatic heterocycles. The van der Waals surface area contributed by atoms with Gasteiger partial charge in [0.25, 0.3) is 0 Å². The Morgan fingerprint density at radius 2 is 2.26 bits per heavy atom. The summed E-state index contributed by atoms with van der Waals surface area (Å²) in [7, 11) is 1.60. The Hall–Kier alpha value is -2.41. The summed E-state index contributed by atoms with van der Waals surface area (Å²) >= 11 is 5.70. The van der Waals surface area contributed by atoms with Gasteiger partial charge in [0.2, 0.25) is 11.8 Å². The summed E-state index contributed by atoms with van der Waals surface area (Å²) in [4.78, 5) is 26.0. The molecule has 2 amide bonds. The van der Waals surface area contributed by atoms with Crippen LogP contribution in [0.1, 0.15) is 18.0 Å². The summed E-state index contributed by atoms with van der Waals surface area (Å²) in [5, 5.41) is 9.05. The highest BCUT2D eigenvalue weighted by Crippen LogP contribution is 2.38. The standard InChI is InChI=1S/C15H14ClFN4O2/c1-21-13(22)7-9(15(23)19-12-4-5-18-20-12)14(21)8-2-3-10(16)11(17)6-8/h2-6,9,14H,7H2,1H3,(H2,18,19,20,23)/t9-,14+/m1/s1. The molecule has 1 fully saturated rings. The minimum atomic E-state index is -0.628. The van der Waals surface area contributed by atoms with Crippen molar-refractivity contribution in [3.8, 4) is 0 Å². The summed E-state index contributed by atoms with van der Waals surface area (Å²) in [6.45, 7) is 0. The monoisotopic (exact) mass is 336 g/mol. The fraction of sp³-hybridized carbons (Fsp3) is 0.267. The maximum atomic E-state index is 13.7. The Balaban J connectivity index is 1.89. The predicted octanol–water partition coefficient (Wildman–Crippen LogP) is 2.36. The van der Waals surface area contributed by atoms with E-state index in [9.17, 15) is 14.0 Å². The van der Waals surface area contributed by atoms with Crippen molar-refractivity contribution in [2.45, 2.75) is 12.5 Å². The van der Waals surface area contributed by atoms with Gasteiger partial charge in [-0.25, -0.2) is 4.39 Å². The highest BCUT2D eigenvalue weighted by Gasteiger charge is 2.43. The number of carbonyl (C=O) groups is 2. The number of aromatic amines is 1. The number of hydrogen-bond acceptors (Lipinski definition) is 3. The molecule has 3 rings (SSSR count). The SMILES string of the molecule is CN1C(=O)C[C@@H](C(=O)Nc2ccn[nH]2)[C@@H]1c1ccc(Cl)c(F)c1. The minimum absolute atomic E-state index is 0.000752. The Labute approximate surface area is 136 Å². The number of hydrogen-bond donors (Lipinski definition) is 2. The zero-order valence-electron chi connectivity index (χ0n) is 12.2. The van der Waals surface area contributed by atoms with Crippen molar-refractivity contribution < 1.29 is 14.0 Å². The molecule has 0 aliphatic carbocycles. The van der Waals surface area contributed by atoms with Gasteiger partial charge in [0.05, 0.1) is 23.2 Å². The molecule has 2 atom stereocenters. The Morgan fingerprint density at radius 1 is 1.48 bits per heavy atom. The molecule has 2 N–H and O–H groups in total. The van der Waals surface area contributed by atoms with E-state index in [4.69, 9.17) is 11.6 Å². The van der Waals surface area contributed by atoms with Crippen LogP contribution in [-0.4, -0.2) is 34.0 Å². The maximum Gasteiger partial charge on any atom is 0.231 e. The first-order chi connectivity index (χ1) is 11.0. The zero-order chi connectivity index (χ0) is 16.6. The van der Waals surface area contributed by atoms with Crippen LogP contribution in [0.25, 0.3) is 0 Å². The fourth-order valence-corrected chi connectivity index (χ4v) is 2.93. The lowest BCUT2D eigenvalue weighted by Gasteiger charge is -2.25. The van der Waals surface area contributed by atoms with Crippen molar-refractivity contribution in [1.82, 2.24) is 15.1 Å². The number of nitrogens with one attached hydrogen (secondary N) is 2. The van der Waals surface area contributed by atoms with Gasteiger partial charge in [0.15, 0.2) is 0 Å². The quantitative estimate of drug-likeness (QED) is 0.903. The second-order valence-corrected chi connectivity index (χ2v) is 5.80. The number of likely N-dealkylation sites (tertiary alicyclic amines) is 1. The van der Waals surface area contributed by atoms with E-state index in [1.165, 1.54) is 23.2 Å². The van der Waals surface area contributed by atoms with Crippen LogP contribution in [0.2, 0.25) is 5.02 Å². The van der Waals surface area contributed by atoms with Gasteiger partial charge in [0.1, 0.15) is 11.6 Å². The molecule has 1 aliphatic rings. The molecule has 0 saturated carbocycles. The Bertz CT molecular complexity index is 750. The first-order valence-electron chi connectivity index (χ1n) is 6.98. The van der Waals surface area contributed by atoms with Crippen LogP contribution < -0.4 is 5.32 Å². The lowest BCUT2D eigenvalue weighted by molar-refractivity contribution is -0.128. The van der Waals surface area contributed by atoms with E-state index in [0.29, 0.717) is 11.4 Å². The van der Waals surface area contributed by atoms with Crippen LogP contribution in [0.5, 0.6) is 0 Å². The van der Waals surface area contributed by atoms with Crippen LogP contribution in [0.3, 0.4) is 0 Å². The summed E-state index contributed by atoms with van der Waals surface area (Å²) in [5.74, 6) is -1.26. The molecular weight excluding hydrogens is 323 g/mol. The summed E-state index contributed by atoms with van der Waals surface area (Å²) in [6, 6.07) is 5.37. The number of H-pyrrole nitrogens is 1. The number of rotatable bonds is 3. The van der Waals surface area contributed by atoms with Crippen LogP contribution in [0, 0.1) is 11.7 Å². The van der Waals surface area contributed by atoms with Gasteiger partial charge in [-0.15, -0.1) is 0 Å². The molecule has 2 aromatic rings. The topological polar surface area (TPSA) is 78.1 Å². The average Bonchev–Trinajstić information content (AvgIpc) is 3.11. The Morgan fingerprint density at radius 3 is 2.91 bits per heavy atom. The number of halogens is 2. The molecule has 120 valence electrons. The molecule has 0 spiro atoms. The third kappa shape index (κ3) is 2.92. The molecule has 2 heterocycles. The van der Waals surface area contributed by atoms with Crippen LogP contribution in [-0.2, 0) is 9.59 Å². The van der Waals surface area contributed by atoms with E-state index >= 15 is 0 Å². The van der Waals surface area contributed by atoms with Crippen LogP contribution in [0.4, 0.5) is 10.2 Å². The lowest BCUT2D eigenvalue weighted by Crippen LogP contribution is -2.30. The maximum absolute atomic E-state index is 13.7. The van der Waals surface area contributed by atoms with Crippen molar-refractivity contribution in [3.63, 3.8) is 0 Å². The molecule has 0 bridgehead atoms. The average molecular weight is 337 g/mol. The van der Waals surface area contributed by atoms with E-state index in [1.807, 2.05) is 0 Å². The van der Waals surface area contributed by atoms with Crippen molar-refractivity contribution in [2.24, 2.45) is 5.92 Å². The zero-order valence-corrected chi connectivity index (χ0v) is 13.0. The highest BCUT2D eigenvalue weighted by molar-refractivity contribution is 6.30. The van der Waals surface area contributed by atoms with Crippen molar-refractivity contribution >= 4 is 29.2 Å². The molecular formula is C15H14ClFN4O2. The molecule has 6 nitrogen and oxygen atoms in total. The van der Waals surface area contributed by atoms with Crippen molar-refractivity contribution in [1.29, 1.82) is 0 Å². The van der Waals surface area contributed by atoms with E-state index < -0.39 is 17.8 Å². The molecule has 8 heteroatoms.